The van der Waals surface area contributed by atoms with Crippen LogP contribution >= 0.6 is 0 Å². The summed E-state index contributed by atoms with van der Waals surface area (Å²) in [6, 6.07) is 19.3. The standard InChI is InChI=1S/C21H19N3O2/c25-20(24-19-11-9-14-5-1-3-7-17(14)22-19)12-10-16-13-15-6-2-4-8-18(15)23-21(16)26/h1-9,11,16H,10,12-13H2,(H,23,26)(H,22,24,25)/t16-/m0/s1. The fourth-order valence-electron chi connectivity index (χ4n) is 3.29. The van der Waals surface area contributed by atoms with Crippen LogP contribution in [0.2, 0.25) is 0 Å². The van der Waals surface area contributed by atoms with Crippen molar-refractivity contribution in [3.05, 3.63) is 66.2 Å². The van der Waals surface area contributed by atoms with Crippen molar-refractivity contribution in [2.75, 3.05) is 10.6 Å². The van der Waals surface area contributed by atoms with Crippen LogP contribution < -0.4 is 10.6 Å². The summed E-state index contributed by atoms with van der Waals surface area (Å²) >= 11 is 0. The minimum absolute atomic E-state index is 0.0136. The van der Waals surface area contributed by atoms with Crippen molar-refractivity contribution in [1.82, 2.24) is 4.98 Å². The monoisotopic (exact) mass is 345 g/mol. The van der Waals surface area contributed by atoms with Gasteiger partial charge in [0.2, 0.25) is 11.8 Å². The quantitative estimate of drug-likeness (QED) is 0.756. The van der Waals surface area contributed by atoms with Crippen LogP contribution in [-0.2, 0) is 16.0 Å². The Bertz CT molecular complexity index is 984. The van der Waals surface area contributed by atoms with Crippen molar-refractivity contribution >= 4 is 34.2 Å². The van der Waals surface area contributed by atoms with E-state index in [1.165, 1.54) is 0 Å². The molecule has 130 valence electrons. The van der Waals surface area contributed by atoms with Gasteiger partial charge in [-0.3, -0.25) is 9.59 Å². The summed E-state index contributed by atoms with van der Waals surface area (Å²) in [4.78, 5) is 28.9. The number of carbonyl (C=O) groups is 2. The second-order valence-corrected chi connectivity index (χ2v) is 6.52. The fraction of sp³-hybridized carbons (Fsp3) is 0.190. The van der Waals surface area contributed by atoms with Crippen molar-refractivity contribution in [3.8, 4) is 0 Å². The van der Waals surface area contributed by atoms with Crippen LogP contribution in [0.5, 0.6) is 0 Å². The Balaban J connectivity index is 1.37. The summed E-state index contributed by atoms with van der Waals surface area (Å²) in [5, 5.41) is 6.78. The summed E-state index contributed by atoms with van der Waals surface area (Å²) < 4.78 is 0. The maximum Gasteiger partial charge on any atom is 0.227 e. The first-order valence-electron chi connectivity index (χ1n) is 8.73. The van der Waals surface area contributed by atoms with E-state index in [-0.39, 0.29) is 24.2 Å². The molecule has 2 N–H and O–H groups in total. The number of rotatable bonds is 4. The van der Waals surface area contributed by atoms with E-state index in [9.17, 15) is 9.59 Å². The van der Waals surface area contributed by atoms with Gasteiger partial charge in [0.05, 0.1) is 5.52 Å². The van der Waals surface area contributed by atoms with Gasteiger partial charge >= 0.3 is 0 Å². The number of hydrogen-bond donors (Lipinski definition) is 2. The first kappa shape index (κ1) is 16.3. The third kappa shape index (κ3) is 3.42. The summed E-state index contributed by atoms with van der Waals surface area (Å²) in [7, 11) is 0. The molecule has 26 heavy (non-hydrogen) atoms. The molecule has 1 aliphatic heterocycles. The zero-order valence-electron chi connectivity index (χ0n) is 14.2. The van der Waals surface area contributed by atoms with Crippen LogP contribution in [0.4, 0.5) is 11.5 Å². The summed E-state index contributed by atoms with van der Waals surface area (Å²) in [6.45, 7) is 0. The van der Waals surface area contributed by atoms with E-state index in [4.69, 9.17) is 0 Å². The Morgan fingerprint density at radius 2 is 1.88 bits per heavy atom. The van der Waals surface area contributed by atoms with Crippen LogP contribution in [0, 0.1) is 5.92 Å². The zero-order chi connectivity index (χ0) is 17.9. The molecule has 1 atom stereocenters. The van der Waals surface area contributed by atoms with Gasteiger partial charge in [0.15, 0.2) is 0 Å². The number of amides is 2. The normalized spacial score (nSPS) is 16.0. The van der Waals surface area contributed by atoms with Gasteiger partial charge in [0.25, 0.3) is 0 Å². The number of para-hydroxylation sites is 2. The molecule has 5 nitrogen and oxygen atoms in total. The molecule has 0 radical (unpaired) electrons. The zero-order valence-corrected chi connectivity index (χ0v) is 14.2. The van der Waals surface area contributed by atoms with Gasteiger partial charge in [0.1, 0.15) is 5.82 Å². The van der Waals surface area contributed by atoms with E-state index in [2.05, 4.69) is 15.6 Å². The molecule has 4 rings (SSSR count). The molecule has 3 aromatic rings. The highest BCUT2D eigenvalue weighted by molar-refractivity contribution is 5.96. The van der Waals surface area contributed by atoms with Crippen LogP contribution in [0.25, 0.3) is 10.9 Å². The highest BCUT2D eigenvalue weighted by atomic mass is 16.2. The SMILES string of the molecule is O=C(CC[C@H]1Cc2ccccc2NC1=O)Nc1ccc2ccccc2n1. The topological polar surface area (TPSA) is 71.1 Å². The van der Waals surface area contributed by atoms with Crippen LogP contribution in [-0.4, -0.2) is 16.8 Å². The van der Waals surface area contributed by atoms with Gasteiger partial charge in [-0.15, -0.1) is 0 Å². The van der Waals surface area contributed by atoms with Gasteiger partial charge in [-0.25, -0.2) is 4.98 Å². The predicted octanol–water partition coefficient (Wildman–Crippen LogP) is 3.76. The average Bonchev–Trinajstić information content (AvgIpc) is 2.66. The molecular weight excluding hydrogens is 326 g/mol. The van der Waals surface area contributed by atoms with E-state index in [0.717, 1.165) is 22.2 Å². The number of hydrogen-bond acceptors (Lipinski definition) is 3. The molecule has 0 fully saturated rings. The summed E-state index contributed by atoms with van der Waals surface area (Å²) in [5.41, 5.74) is 2.83. The van der Waals surface area contributed by atoms with Gasteiger partial charge in [-0.1, -0.05) is 36.4 Å². The lowest BCUT2D eigenvalue weighted by molar-refractivity contribution is -0.121. The molecule has 2 amide bonds. The first-order valence-corrected chi connectivity index (χ1v) is 8.73. The molecule has 0 unspecified atom stereocenters. The van der Waals surface area contributed by atoms with Gasteiger partial charge in [-0.2, -0.15) is 0 Å². The van der Waals surface area contributed by atoms with E-state index in [0.29, 0.717) is 18.7 Å². The average molecular weight is 345 g/mol. The lowest BCUT2D eigenvalue weighted by atomic mass is 9.89. The Labute approximate surface area is 151 Å². The van der Waals surface area contributed by atoms with E-state index >= 15 is 0 Å². The molecule has 0 spiro atoms. The number of pyridine rings is 1. The number of aromatic nitrogens is 1. The Hall–Kier alpha value is -3.21. The molecule has 0 saturated heterocycles. The molecule has 5 heteroatoms. The molecule has 1 aliphatic rings. The van der Waals surface area contributed by atoms with Crippen molar-refractivity contribution in [3.63, 3.8) is 0 Å². The number of nitrogens with one attached hydrogen (secondary N) is 2. The van der Waals surface area contributed by atoms with Crippen molar-refractivity contribution in [2.45, 2.75) is 19.3 Å². The Morgan fingerprint density at radius 1 is 1.08 bits per heavy atom. The lowest BCUT2D eigenvalue weighted by Gasteiger charge is -2.24. The van der Waals surface area contributed by atoms with Crippen LogP contribution in [0.1, 0.15) is 18.4 Å². The minimum Gasteiger partial charge on any atom is -0.326 e. The van der Waals surface area contributed by atoms with Gasteiger partial charge in [0, 0.05) is 23.4 Å². The summed E-state index contributed by atoms with van der Waals surface area (Å²) in [5.74, 6) is 0.215. The summed E-state index contributed by atoms with van der Waals surface area (Å²) in [6.07, 6.45) is 1.47. The molecule has 0 saturated carbocycles. The molecule has 1 aromatic heterocycles. The molecular formula is C21H19N3O2. The maximum absolute atomic E-state index is 12.3. The highest BCUT2D eigenvalue weighted by Crippen LogP contribution is 2.27. The van der Waals surface area contributed by atoms with Crippen molar-refractivity contribution in [1.29, 1.82) is 0 Å². The van der Waals surface area contributed by atoms with Crippen molar-refractivity contribution in [2.24, 2.45) is 5.92 Å². The van der Waals surface area contributed by atoms with Crippen LogP contribution in [0.15, 0.2) is 60.7 Å². The number of fused-ring (bicyclic) bond motifs is 2. The molecule has 2 aromatic carbocycles. The van der Waals surface area contributed by atoms with Gasteiger partial charge < -0.3 is 10.6 Å². The molecule has 0 bridgehead atoms. The number of nitrogens with zero attached hydrogens (tertiary/aromatic N) is 1. The lowest BCUT2D eigenvalue weighted by Crippen LogP contribution is -2.30. The second kappa shape index (κ2) is 6.96. The Morgan fingerprint density at radius 3 is 2.81 bits per heavy atom. The molecule has 2 heterocycles. The van der Waals surface area contributed by atoms with E-state index in [1.807, 2.05) is 54.6 Å². The smallest absolute Gasteiger partial charge is 0.227 e. The van der Waals surface area contributed by atoms with E-state index < -0.39 is 0 Å². The third-order valence-electron chi connectivity index (χ3n) is 4.70. The second-order valence-electron chi connectivity index (χ2n) is 6.52. The third-order valence-corrected chi connectivity index (χ3v) is 4.70. The number of carbonyl (C=O) groups excluding carboxylic acids is 2. The van der Waals surface area contributed by atoms with Gasteiger partial charge in [-0.05, 0) is 42.7 Å². The maximum atomic E-state index is 12.3. The number of anilines is 2. The fourth-order valence-corrected chi connectivity index (χ4v) is 3.29. The van der Waals surface area contributed by atoms with Crippen molar-refractivity contribution < 1.29 is 9.59 Å². The number of benzene rings is 2. The predicted molar refractivity (Wildman–Crippen MR) is 102 cm³/mol. The van der Waals surface area contributed by atoms with E-state index in [1.54, 1.807) is 6.07 Å². The largest absolute Gasteiger partial charge is 0.326 e. The first-order chi connectivity index (χ1) is 12.7. The highest BCUT2D eigenvalue weighted by Gasteiger charge is 2.26. The Kier molecular flexibility index (Phi) is 4.35. The van der Waals surface area contributed by atoms with Crippen LogP contribution in [0.3, 0.4) is 0 Å². The molecule has 0 aliphatic carbocycles. The minimum atomic E-state index is -0.180.